The first-order valence-corrected chi connectivity index (χ1v) is 14.1. The van der Waals surface area contributed by atoms with E-state index in [0.717, 1.165) is 0 Å². The van der Waals surface area contributed by atoms with Crippen LogP contribution in [-0.4, -0.2) is 89.2 Å². The summed E-state index contributed by atoms with van der Waals surface area (Å²) in [7, 11) is 6.63. The minimum atomic E-state index is -2.97. The molecule has 0 aromatic heterocycles. The van der Waals surface area contributed by atoms with Crippen LogP contribution in [0.1, 0.15) is 27.9 Å². The van der Waals surface area contributed by atoms with Gasteiger partial charge in [-0.15, -0.1) is 0 Å². The predicted molar refractivity (Wildman–Crippen MR) is 158 cm³/mol. The highest BCUT2D eigenvalue weighted by Crippen LogP contribution is 2.54. The van der Waals surface area contributed by atoms with Gasteiger partial charge in [0, 0.05) is 37.8 Å². The molecule has 0 fully saturated rings. The van der Waals surface area contributed by atoms with Crippen molar-refractivity contribution in [1.29, 1.82) is 0 Å². The van der Waals surface area contributed by atoms with Gasteiger partial charge in [-0.25, -0.2) is 0 Å². The number of nitrogens with one attached hydrogen (secondary N) is 1. The average Bonchev–Trinajstić information content (AvgIpc) is 2.94. The van der Waals surface area contributed by atoms with Crippen LogP contribution in [0.5, 0.6) is 11.5 Å². The number of anilines is 2. The molecule has 0 aliphatic heterocycles. The van der Waals surface area contributed by atoms with E-state index in [0.29, 0.717) is 16.8 Å². The summed E-state index contributed by atoms with van der Waals surface area (Å²) in [6, 6.07) is 6.42. The normalized spacial score (nSPS) is 24.4. The second kappa shape index (κ2) is 11.3. The quantitative estimate of drug-likeness (QED) is 0.186. The van der Waals surface area contributed by atoms with Gasteiger partial charge >= 0.3 is 6.61 Å². The summed E-state index contributed by atoms with van der Waals surface area (Å²) >= 11 is 0. The fourth-order valence-electron chi connectivity index (χ4n) is 6.82. The minimum absolute atomic E-state index is 0.0214. The number of aromatic hydroxyl groups is 1. The van der Waals surface area contributed by atoms with Crippen molar-refractivity contribution in [1.82, 2.24) is 4.90 Å². The lowest BCUT2D eigenvalue weighted by Gasteiger charge is -2.50. The third-order valence-electron chi connectivity index (χ3n) is 8.81. The van der Waals surface area contributed by atoms with Gasteiger partial charge in [-0.1, -0.05) is 12.1 Å². The molecule has 2 aromatic carbocycles. The largest absolute Gasteiger partial charge is 0.510 e. The van der Waals surface area contributed by atoms with Crippen LogP contribution in [-0.2, 0) is 22.6 Å². The number of likely N-dealkylation sites (N-methyl/N-ethyl adjacent to an activating group) is 1. The van der Waals surface area contributed by atoms with Crippen molar-refractivity contribution in [2.45, 2.75) is 37.6 Å². The maximum atomic E-state index is 14.1. The first-order valence-electron chi connectivity index (χ1n) is 14.1. The number of phenols is 1. The molecule has 3 aliphatic carbocycles. The number of carbonyl (C=O) groups excluding carboxylic acids is 3. The molecule has 12 nitrogen and oxygen atoms in total. The van der Waals surface area contributed by atoms with Gasteiger partial charge < -0.3 is 41.1 Å². The molecule has 240 valence electrons. The predicted octanol–water partition coefficient (Wildman–Crippen LogP) is 2.40. The number of aliphatic hydroxyl groups excluding tert-OH is 2. The second-order valence-electron chi connectivity index (χ2n) is 11.9. The van der Waals surface area contributed by atoms with Crippen LogP contribution in [0.3, 0.4) is 0 Å². The summed E-state index contributed by atoms with van der Waals surface area (Å²) in [5, 5.41) is 48.7. The number of carbonyl (C=O) groups is 3. The number of rotatable bonds is 8. The minimum Gasteiger partial charge on any atom is -0.510 e. The zero-order valence-corrected chi connectivity index (χ0v) is 25.0. The van der Waals surface area contributed by atoms with Crippen LogP contribution < -0.4 is 20.7 Å². The number of benzene rings is 2. The number of primary amides is 1. The Hall–Kier alpha value is -4.69. The lowest BCUT2D eigenvalue weighted by molar-refractivity contribution is -0.148. The van der Waals surface area contributed by atoms with Crippen molar-refractivity contribution >= 4 is 28.8 Å². The van der Waals surface area contributed by atoms with E-state index in [-0.39, 0.29) is 42.0 Å². The Morgan fingerprint density at radius 2 is 1.78 bits per heavy atom. The number of phenolic OH excluding ortho intramolecular Hbond substituents is 1. The number of ketones is 2. The van der Waals surface area contributed by atoms with Gasteiger partial charge in [0.1, 0.15) is 28.6 Å². The standard InChI is InChI=1S/C31H34F2N4O8/c1-36(2)19-11-18(35-12-13-5-7-15(8-6-13)45-30(32)33)24(38)21-16(19)9-14-10-17-23(37(3)4)26(40)22(29(34)43)28(42)31(17,44)27(41)20(14)25(21)39/h5-8,11,14,17,23,30,35,38,40-41,44H,9-10,12H2,1-4H3,(H2,34,43)/t14-,17-,23-,31-/m0/s1. The van der Waals surface area contributed by atoms with E-state index in [1.807, 2.05) is 0 Å². The Kier molecular flexibility index (Phi) is 8.00. The molecule has 4 atom stereocenters. The smallest absolute Gasteiger partial charge is 0.387 e. The maximum absolute atomic E-state index is 14.1. The van der Waals surface area contributed by atoms with E-state index in [1.54, 1.807) is 51.3 Å². The lowest BCUT2D eigenvalue weighted by Crippen LogP contribution is -2.63. The summed E-state index contributed by atoms with van der Waals surface area (Å²) in [6.45, 7) is -2.83. The SMILES string of the molecule is CN(C)c1cc(NCc2ccc(OC(F)F)cc2)c(O)c2c1C[C@H]1C[C@H]3[C@H](N(C)C)C(O)=C(C(N)=O)C(=O)[C@@]3(O)C(O)=C1C2=O. The molecule has 0 bridgehead atoms. The van der Waals surface area contributed by atoms with Crippen LogP contribution in [0.25, 0.3) is 0 Å². The van der Waals surface area contributed by atoms with Crippen molar-refractivity contribution < 1.29 is 48.3 Å². The van der Waals surface area contributed by atoms with E-state index in [4.69, 9.17) is 5.73 Å². The first kappa shape index (κ1) is 31.7. The molecule has 1 amide bonds. The monoisotopic (exact) mass is 628 g/mol. The van der Waals surface area contributed by atoms with Crippen LogP contribution in [0.4, 0.5) is 20.2 Å². The zero-order valence-electron chi connectivity index (χ0n) is 25.0. The van der Waals surface area contributed by atoms with Gasteiger partial charge in [0.25, 0.3) is 5.91 Å². The number of amides is 1. The Labute approximate surface area is 257 Å². The molecule has 0 radical (unpaired) electrons. The van der Waals surface area contributed by atoms with Gasteiger partial charge in [-0.05, 0) is 62.2 Å². The van der Waals surface area contributed by atoms with Crippen molar-refractivity contribution in [3.8, 4) is 11.5 Å². The third kappa shape index (κ3) is 5.03. The fraction of sp³-hybridized carbons (Fsp3) is 0.387. The number of hydrogen-bond donors (Lipinski definition) is 6. The van der Waals surface area contributed by atoms with Gasteiger partial charge in [0.2, 0.25) is 5.78 Å². The van der Waals surface area contributed by atoms with E-state index in [9.17, 15) is 43.6 Å². The van der Waals surface area contributed by atoms with Crippen molar-refractivity contribution in [3.05, 3.63) is 69.7 Å². The highest BCUT2D eigenvalue weighted by Gasteiger charge is 2.63. The number of alkyl halides is 2. The molecule has 45 heavy (non-hydrogen) atoms. The number of nitrogens with zero attached hydrogens (tertiary/aromatic N) is 2. The molecule has 3 aliphatic rings. The molecular formula is C31H34F2N4O8. The van der Waals surface area contributed by atoms with Crippen LogP contribution in [0.2, 0.25) is 0 Å². The summed E-state index contributed by atoms with van der Waals surface area (Å²) in [6.07, 6.45) is 0.117. The molecule has 0 unspecified atom stereocenters. The van der Waals surface area contributed by atoms with E-state index in [2.05, 4.69) is 10.1 Å². The van der Waals surface area contributed by atoms with Gasteiger partial charge in [0.15, 0.2) is 11.4 Å². The topological polar surface area (TPSA) is 186 Å². The molecule has 7 N–H and O–H groups in total. The van der Waals surface area contributed by atoms with Crippen LogP contribution in [0.15, 0.2) is 53.0 Å². The van der Waals surface area contributed by atoms with E-state index < -0.39 is 70.4 Å². The third-order valence-corrected chi connectivity index (χ3v) is 8.81. The summed E-state index contributed by atoms with van der Waals surface area (Å²) < 4.78 is 29.4. The number of ether oxygens (including phenoxy) is 1. The summed E-state index contributed by atoms with van der Waals surface area (Å²) in [5.41, 5.74) is 3.26. The molecule has 0 saturated heterocycles. The van der Waals surface area contributed by atoms with E-state index in [1.165, 1.54) is 17.0 Å². The van der Waals surface area contributed by atoms with Crippen molar-refractivity contribution in [3.63, 3.8) is 0 Å². The highest BCUT2D eigenvalue weighted by molar-refractivity contribution is 6.25. The number of aliphatic hydroxyl groups is 3. The van der Waals surface area contributed by atoms with Gasteiger partial charge in [-0.2, -0.15) is 8.78 Å². The lowest BCUT2D eigenvalue weighted by atomic mass is 9.58. The van der Waals surface area contributed by atoms with Gasteiger partial charge in [-0.3, -0.25) is 19.3 Å². The Morgan fingerprint density at radius 3 is 2.33 bits per heavy atom. The number of hydrogen-bond acceptors (Lipinski definition) is 11. The molecule has 0 saturated carbocycles. The Bertz CT molecular complexity index is 1650. The Morgan fingerprint density at radius 1 is 1.13 bits per heavy atom. The molecule has 14 heteroatoms. The molecule has 2 aromatic rings. The number of halogens is 2. The zero-order chi connectivity index (χ0) is 33.1. The van der Waals surface area contributed by atoms with E-state index >= 15 is 0 Å². The number of Topliss-reactive ketones (excluding diaryl/α,β-unsaturated/α-hetero) is 2. The number of nitrogens with two attached hydrogens (primary N) is 1. The maximum Gasteiger partial charge on any atom is 0.387 e. The number of allylic oxidation sites excluding steroid dienone is 1. The van der Waals surface area contributed by atoms with Crippen molar-refractivity contribution in [2.75, 3.05) is 38.4 Å². The van der Waals surface area contributed by atoms with Gasteiger partial charge in [0.05, 0.1) is 17.3 Å². The summed E-state index contributed by atoms with van der Waals surface area (Å²) in [5.74, 6) is -7.28. The molecular weight excluding hydrogens is 594 g/mol. The first-order chi connectivity index (χ1) is 21.1. The Balaban J connectivity index is 1.58. The van der Waals surface area contributed by atoms with Crippen molar-refractivity contribution in [2.24, 2.45) is 17.6 Å². The van der Waals surface area contributed by atoms with Crippen LogP contribution >= 0.6 is 0 Å². The molecule has 5 rings (SSSR count). The second-order valence-corrected chi connectivity index (χ2v) is 11.9. The summed E-state index contributed by atoms with van der Waals surface area (Å²) in [4.78, 5) is 43.1. The highest BCUT2D eigenvalue weighted by atomic mass is 19.3. The van der Waals surface area contributed by atoms with Crippen LogP contribution in [0, 0.1) is 11.8 Å². The average molecular weight is 629 g/mol. The molecule has 0 spiro atoms. The number of fused-ring (bicyclic) bond motifs is 3. The molecule has 0 heterocycles. The fourth-order valence-corrected chi connectivity index (χ4v) is 6.82.